The molecule has 1 rings (SSSR count). The highest BCUT2D eigenvalue weighted by molar-refractivity contribution is 5.68. The molecule has 3 heteroatoms. The van der Waals surface area contributed by atoms with Gasteiger partial charge in [0.15, 0.2) is 0 Å². The molecule has 0 aliphatic rings. The Balaban J connectivity index is 2.37. The average Bonchev–Trinajstić information content (AvgIpc) is 2.47. The zero-order valence-electron chi connectivity index (χ0n) is 12.9. The molecule has 1 N–H and O–H groups in total. The fourth-order valence-corrected chi connectivity index (χ4v) is 2.16. The summed E-state index contributed by atoms with van der Waals surface area (Å²) in [7, 11) is 0. The fourth-order valence-electron chi connectivity index (χ4n) is 2.16. The number of amides is 1. The Morgan fingerprint density at radius 2 is 1.90 bits per heavy atom. The highest BCUT2D eigenvalue weighted by atomic mass is 16.6. The Labute approximate surface area is 122 Å². The summed E-state index contributed by atoms with van der Waals surface area (Å²) >= 11 is 0. The first-order chi connectivity index (χ1) is 9.67. The number of carbonyl (C=O) groups excluding carboxylic acids is 1. The first kappa shape index (κ1) is 16.5. The summed E-state index contributed by atoms with van der Waals surface area (Å²) in [5, 5.41) is 2.89. The van der Waals surface area contributed by atoms with Gasteiger partial charge in [-0.05, 0) is 31.7 Å². The number of hydrogen-bond acceptors (Lipinski definition) is 2. The van der Waals surface area contributed by atoms with Crippen LogP contribution in [0.5, 0.6) is 0 Å². The second-order valence-corrected chi connectivity index (χ2v) is 5.21. The lowest BCUT2D eigenvalue weighted by molar-refractivity contribution is 0.0863. The van der Waals surface area contributed by atoms with Crippen molar-refractivity contribution in [3.63, 3.8) is 0 Å². The van der Waals surface area contributed by atoms with Crippen LogP contribution in [0.25, 0.3) is 0 Å². The summed E-state index contributed by atoms with van der Waals surface area (Å²) in [6.45, 7) is 6.20. The lowest BCUT2D eigenvalue weighted by Gasteiger charge is -2.19. The van der Waals surface area contributed by atoms with Gasteiger partial charge in [-0.3, -0.25) is 0 Å². The zero-order valence-corrected chi connectivity index (χ0v) is 12.9. The van der Waals surface area contributed by atoms with Gasteiger partial charge in [-0.1, -0.05) is 57.0 Å². The monoisotopic (exact) mass is 277 g/mol. The predicted molar refractivity (Wildman–Crippen MR) is 82.7 cm³/mol. The topological polar surface area (TPSA) is 38.3 Å². The van der Waals surface area contributed by atoms with Crippen molar-refractivity contribution in [3.05, 3.63) is 35.9 Å². The summed E-state index contributed by atoms with van der Waals surface area (Å²) in [4.78, 5) is 11.9. The van der Waals surface area contributed by atoms with Gasteiger partial charge >= 0.3 is 6.09 Å². The molecule has 0 fully saturated rings. The summed E-state index contributed by atoms with van der Waals surface area (Å²) in [6.07, 6.45) is 5.05. The van der Waals surface area contributed by atoms with Gasteiger partial charge in [-0.25, -0.2) is 4.79 Å². The minimum atomic E-state index is -0.315. The van der Waals surface area contributed by atoms with Crippen LogP contribution >= 0.6 is 0 Å². The van der Waals surface area contributed by atoms with Crippen LogP contribution in [0, 0.1) is 0 Å². The van der Waals surface area contributed by atoms with Crippen molar-refractivity contribution in [2.45, 2.75) is 65.0 Å². The van der Waals surface area contributed by atoms with E-state index >= 15 is 0 Å². The quantitative estimate of drug-likeness (QED) is 0.691. The molecule has 0 saturated carbocycles. The van der Waals surface area contributed by atoms with Crippen molar-refractivity contribution >= 4 is 6.09 Å². The van der Waals surface area contributed by atoms with Crippen LogP contribution in [0.3, 0.4) is 0 Å². The Hall–Kier alpha value is -1.51. The smallest absolute Gasteiger partial charge is 0.407 e. The van der Waals surface area contributed by atoms with E-state index in [1.165, 1.54) is 12.8 Å². The third-order valence-electron chi connectivity index (χ3n) is 3.49. The minimum Gasteiger partial charge on any atom is -0.446 e. The summed E-state index contributed by atoms with van der Waals surface area (Å²) in [5.74, 6) is 0. The van der Waals surface area contributed by atoms with E-state index in [0.29, 0.717) is 0 Å². The summed E-state index contributed by atoms with van der Waals surface area (Å²) in [6, 6.07) is 9.89. The van der Waals surface area contributed by atoms with Gasteiger partial charge in [-0.15, -0.1) is 0 Å². The molecule has 1 amide bonds. The molecule has 0 heterocycles. The van der Waals surface area contributed by atoms with Gasteiger partial charge in [0.1, 0.15) is 6.10 Å². The molecule has 20 heavy (non-hydrogen) atoms. The molecule has 0 spiro atoms. The molecule has 2 unspecified atom stereocenters. The summed E-state index contributed by atoms with van der Waals surface area (Å²) in [5.41, 5.74) is 1.09. The molecule has 1 aromatic carbocycles. The maximum atomic E-state index is 11.9. The molecule has 0 aromatic heterocycles. The van der Waals surface area contributed by atoms with Gasteiger partial charge < -0.3 is 10.1 Å². The molecule has 1 aromatic rings. The number of benzene rings is 1. The number of nitrogens with one attached hydrogen (secondary N) is 1. The lowest BCUT2D eigenvalue weighted by Crippen LogP contribution is -2.31. The molecule has 3 nitrogen and oxygen atoms in total. The van der Waals surface area contributed by atoms with E-state index in [0.717, 1.165) is 24.8 Å². The van der Waals surface area contributed by atoms with Crippen molar-refractivity contribution < 1.29 is 9.53 Å². The number of rotatable bonds is 8. The van der Waals surface area contributed by atoms with Gasteiger partial charge in [-0.2, -0.15) is 0 Å². The molecule has 0 saturated heterocycles. The van der Waals surface area contributed by atoms with Crippen LogP contribution in [-0.2, 0) is 4.74 Å². The average molecular weight is 277 g/mol. The molecular weight excluding hydrogens is 250 g/mol. The summed E-state index contributed by atoms with van der Waals surface area (Å²) < 4.78 is 5.49. The number of unbranched alkanes of at least 4 members (excludes halogenated alkanes) is 2. The first-order valence-corrected chi connectivity index (χ1v) is 7.69. The van der Waals surface area contributed by atoms with Crippen LogP contribution in [0.15, 0.2) is 30.3 Å². The van der Waals surface area contributed by atoms with Crippen LogP contribution in [0.4, 0.5) is 4.79 Å². The predicted octanol–water partition coefficient (Wildman–Crippen LogP) is 4.83. The first-order valence-electron chi connectivity index (χ1n) is 7.69. The number of alkyl carbamates (subject to hydrolysis) is 1. The SMILES string of the molecule is CCCCCC(CC)OC(=O)NC(C)c1ccccc1. The van der Waals surface area contributed by atoms with Crippen molar-refractivity contribution in [3.8, 4) is 0 Å². The Kier molecular flexibility index (Phi) is 7.78. The largest absolute Gasteiger partial charge is 0.446 e. The van der Waals surface area contributed by atoms with Crippen LogP contribution < -0.4 is 5.32 Å². The third kappa shape index (κ3) is 6.09. The van der Waals surface area contributed by atoms with E-state index in [-0.39, 0.29) is 18.2 Å². The molecular formula is C17H27NO2. The molecule has 0 radical (unpaired) electrons. The highest BCUT2D eigenvalue weighted by Gasteiger charge is 2.14. The maximum absolute atomic E-state index is 11.9. The van der Waals surface area contributed by atoms with E-state index in [1.807, 2.05) is 37.3 Å². The zero-order chi connectivity index (χ0) is 14.8. The van der Waals surface area contributed by atoms with Crippen molar-refractivity contribution in [1.82, 2.24) is 5.32 Å². The minimum absolute atomic E-state index is 0.0307. The highest BCUT2D eigenvalue weighted by Crippen LogP contribution is 2.13. The lowest BCUT2D eigenvalue weighted by atomic mass is 10.1. The normalized spacial score (nSPS) is 13.6. The molecule has 0 aliphatic carbocycles. The molecule has 112 valence electrons. The Morgan fingerprint density at radius 3 is 2.50 bits per heavy atom. The molecule has 0 aliphatic heterocycles. The van der Waals surface area contributed by atoms with Gasteiger partial charge in [0, 0.05) is 0 Å². The van der Waals surface area contributed by atoms with Crippen LogP contribution in [0.2, 0.25) is 0 Å². The number of hydrogen-bond donors (Lipinski definition) is 1. The second-order valence-electron chi connectivity index (χ2n) is 5.21. The van der Waals surface area contributed by atoms with Gasteiger partial charge in [0.25, 0.3) is 0 Å². The van der Waals surface area contributed by atoms with E-state index < -0.39 is 0 Å². The van der Waals surface area contributed by atoms with E-state index in [9.17, 15) is 4.79 Å². The van der Waals surface area contributed by atoms with E-state index in [4.69, 9.17) is 4.74 Å². The molecule has 0 bridgehead atoms. The number of ether oxygens (including phenoxy) is 1. The van der Waals surface area contributed by atoms with E-state index in [1.54, 1.807) is 0 Å². The van der Waals surface area contributed by atoms with Gasteiger partial charge in [0.2, 0.25) is 0 Å². The van der Waals surface area contributed by atoms with Gasteiger partial charge in [0.05, 0.1) is 6.04 Å². The van der Waals surface area contributed by atoms with Crippen molar-refractivity contribution in [1.29, 1.82) is 0 Å². The third-order valence-corrected chi connectivity index (χ3v) is 3.49. The second kappa shape index (κ2) is 9.40. The van der Waals surface area contributed by atoms with Crippen molar-refractivity contribution in [2.75, 3.05) is 0 Å². The van der Waals surface area contributed by atoms with Crippen LogP contribution in [0.1, 0.15) is 64.5 Å². The fraction of sp³-hybridized carbons (Fsp3) is 0.588. The van der Waals surface area contributed by atoms with Crippen LogP contribution in [-0.4, -0.2) is 12.2 Å². The van der Waals surface area contributed by atoms with Crippen molar-refractivity contribution in [2.24, 2.45) is 0 Å². The Bertz CT molecular complexity index is 378. The number of carbonyl (C=O) groups is 1. The molecule has 2 atom stereocenters. The maximum Gasteiger partial charge on any atom is 0.407 e. The van der Waals surface area contributed by atoms with E-state index in [2.05, 4.69) is 19.2 Å². The Morgan fingerprint density at radius 1 is 1.20 bits per heavy atom. The standard InChI is InChI=1S/C17H27NO2/c1-4-6-8-13-16(5-2)20-17(19)18-14(3)15-11-9-7-10-12-15/h7,9-12,14,16H,4-6,8,13H2,1-3H3,(H,18,19).